The summed E-state index contributed by atoms with van der Waals surface area (Å²) in [7, 11) is 0. The van der Waals surface area contributed by atoms with Gasteiger partial charge in [-0.05, 0) is 25.3 Å². The van der Waals surface area contributed by atoms with Crippen LogP contribution in [0, 0.1) is 17.6 Å². The first-order valence-electron chi connectivity index (χ1n) is 6.03. The van der Waals surface area contributed by atoms with Gasteiger partial charge in [0.15, 0.2) is 0 Å². The summed E-state index contributed by atoms with van der Waals surface area (Å²) in [5.41, 5.74) is 4.54. The van der Waals surface area contributed by atoms with Crippen molar-refractivity contribution in [2.45, 2.75) is 37.4 Å². The number of halogens is 5. The Kier molecular flexibility index (Phi) is 3.55. The number of hydrogen-bond acceptors (Lipinski definition) is 1. The Hall–Kier alpha value is -1.17. The van der Waals surface area contributed by atoms with E-state index in [4.69, 9.17) is 5.73 Å². The molecule has 6 heteroatoms. The summed E-state index contributed by atoms with van der Waals surface area (Å²) in [6.07, 6.45) is -4.15. The van der Waals surface area contributed by atoms with Crippen LogP contribution in [-0.4, -0.2) is 6.18 Å². The number of alkyl halides is 3. The van der Waals surface area contributed by atoms with E-state index in [2.05, 4.69) is 0 Å². The minimum absolute atomic E-state index is 0.00522. The molecule has 1 saturated carbocycles. The molecule has 1 aromatic rings. The van der Waals surface area contributed by atoms with E-state index in [1.54, 1.807) is 0 Å². The van der Waals surface area contributed by atoms with Crippen molar-refractivity contribution in [2.75, 3.05) is 0 Å². The van der Waals surface area contributed by atoms with Crippen LogP contribution in [0.1, 0.15) is 31.2 Å². The molecule has 106 valence electrons. The molecule has 2 atom stereocenters. The van der Waals surface area contributed by atoms with Crippen LogP contribution in [0.3, 0.4) is 0 Å². The first kappa shape index (κ1) is 14.2. The van der Waals surface area contributed by atoms with Crippen LogP contribution in [0.25, 0.3) is 0 Å². The van der Waals surface area contributed by atoms with Crippen LogP contribution in [0.15, 0.2) is 18.2 Å². The summed E-state index contributed by atoms with van der Waals surface area (Å²) in [5.74, 6) is -3.19. The topological polar surface area (TPSA) is 26.0 Å². The second-order valence-corrected chi connectivity index (χ2v) is 5.12. The van der Waals surface area contributed by atoms with Crippen LogP contribution in [0.5, 0.6) is 0 Å². The maximum atomic E-state index is 13.7. The van der Waals surface area contributed by atoms with E-state index in [0.717, 1.165) is 12.1 Å². The third kappa shape index (κ3) is 2.88. The molecular formula is C13H14F5N. The van der Waals surface area contributed by atoms with Gasteiger partial charge in [-0.1, -0.05) is 12.5 Å². The van der Waals surface area contributed by atoms with Crippen LogP contribution in [0.4, 0.5) is 22.0 Å². The van der Waals surface area contributed by atoms with Crippen molar-refractivity contribution < 1.29 is 22.0 Å². The first-order valence-corrected chi connectivity index (χ1v) is 6.03. The van der Waals surface area contributed by atoms with E-state index in [1.807, 2.05) is 0 Å². The molecule has 0 bridgehead atoms. The summed E-state index contributed by atoms with van der Waals surface area (Å²) in [6, 6.07) is 2.81. The van der Waals surface area contributed by atoms with Gasteiger partial charge in [0.1, 0.15) is 11.6 Å². The molecule has 2 unspecified atom stereocenters. The molecule has 1 aliphatic carbocycles. The van der Waals surface area contributed by atoms with Crippen LogP contribution < -0.4 is 5.73 Å². The Morgan fingerprint density at radius 2 is 1.89 bits per heavy atom. The summed E-state index contributed by atoms with van der Waals surface area (Å²) < 4.78 is 64.8. The molecule has 0 amide bonds. The van der Waals surface area contributed by atoms with Crippen molar-refractivity contribution in [1.82, 2.24) is 0 Å². The fourth-order valence-electron chi connectivity index (χ4n) is 2.73. The zero-order chi connectivity index (χ0) is 14.3. The number of rotatable bonds is 1. The molecule has 0 aliphatic heterocycles. The van der Waals surface area contributed by atoms with Crippen molar-refractivity contribution in [3.05, 3.63) is 35.4 Å². The highest BCUT2D eigenvalue weighted by molar-refractivity contribution is 5.27. The molecule has 0 spiro atoms. The standard InChI is InChI=1S/C13H14F5N/c14-9-3-4-10(11(15)6-9)12(19)5-1-2-8(7-12)13(16,17)18/h3-4,6,8H,1-2,5,7,19H2. The van der Waals surface area contributed by atoms with Gasteiger partial charge in [-0.15, -0.1) is 0 Å². The summed E-state index contributed by atoms with van der Waals surface area (Å²) >= 11 is 0. The minimum Gasteiger partial charge on any atom is -0.321 e. The second kappa shape index (κ2) is 4.74. The SMILES string of the molecule is NC1(c2ccc(F)cc2F)CCCC(C(F)(F)F)C1. The van der Waals surface area contributed by atoms with E-state index in [1.165, 1.54) is 0 Å². The average molecular weight is 279 g/mol. The van der Waals surface area contributed by atoms with Gasteiger partial charge in [0.25, 0.3) is 0 Å². The predicted molar refractivity (Wildman–Crippen MR) is 60.2 cm³/mol. The Bertz CT molecular complexity index is 471. The molecule has 19 heavy (non-hydrogen) atoms. The lowest BCUT2D eigenvalue weighted by Gasteiger charge is -2.39. The highest BCUT2D eigenvalue weighted by Gasteiger charge is 2.47. The third-order valence-electron chi connectivity index (χ3n) is 3.72. The molecular weight excluding hydrogens is 265 g/mol. The van der Waals surface area contributed by atoms with Crippen molar-refractivity contribution in [3.63, 3.8) is 0 Å². The van der Waals surface area contributed by atoms with Gasteiger partial charge >= 0.3 is 6.18 Å². The van der Waals surface area contributed by atoms with E-state index >= 15 is 0 Å². The van der Waals surface area contributed by atoms with Gasteiger partial charge in [-0.25, -0.2) is 8.78 Å². The molecule has 0 radical (unpaired) electrons. The van der Waals surface area contributed by atoms with Crippen LogP contribution >= 0.6 is 0 Å². The largest absolute Gasteiger partial charge is 0.391 e. The monoisotopic (exact) mass is 279 g/mol. The van der Waals surface area contributed by atoms with E-state index < -0.39 is 29.3 Å². The van der Waals surface area contributed by atoms with Crippen molar-refractivity contribution in [2.24, 2.45) is 11.7 Å². The first-order chi connectivity index (χ1) is 8.72. The van der Waals surface area contributed by atoms with Crippen molar-refractivity contribution in [1.29, 1.82) is 0 Å². The Labute approximate surface area is 107 Å². The normalized spacial score (nSPS) is 28.4. The fourth-order valence-corrected chi connectivity index (χ4v) is 2.73. The highest BCUT2D eigenvalue weighted by Crippen LogP contribution is 2.45. The maximum Gasteiger partial charge on any atom is 0.391 e. The quantitative estimate of drug-likeness (QED) is 0.776. The lowest BCUT2D eigenvalue weighted by molar-refractivity contribution is -0.187. The molecule has 1 nitrogen and oxygen atoms in total. The van der Waals surface area contributed by atoms with E-state index in [9.17, 15) is 22.0 Å². The number of benzene rings is 1. The zero-order valence-electron chi connectivity index (χ0n) is 10.1. The van der Waals surface area contributed by atoms with Gasteiger partial charge in [0.2, 0.25) is 0 Å². The fraction of sp³-hybridized carbons (Fsp3) is 0.538. The molecule has 0 saturated heterocycles. The van der Waals surface area contributed by atoms with Gasteiger partial charge in [0, 0.05) is 17.2 Å². The van der Waals surface area contributed by atoms with Gasteiger partial charge < -0.3 is 5.73 Å². The molecule has 0 heterocycles. The highest BCUT2D eigenvalue weighted by atomic mass is 19.4. The molecule has 1 aliphatic rings. The summed E-state index contributed by atoms with van der Waals surface area (Å²) in [4.78, 5) is 0. The lowest BCUT2D eigenvalue weighted by atomic mass is 9.72. The maximum absolute atomic E-state index is 13.7. The number of hydrogen-bond donors (Lipinski definition) is 1. The number of nitrogens with two attached hydrogens (primary N) is 1. The zero-order valence-corrected chi connectivity index (χ0v) is 10.1. The van der Waals surface area contributed by atoms with Crippen molar-refractivity contribution >= 4 is 0 Å². The van der Waals surface area contributed by atoms with Crippen LogP contribution in [-0.2, 0) is 5.54 Å². The minimum atomic E-state index is -4.33. The Morgan fingerprint density at radius 3 is 2.47 bits per heavy atom. The Balaban J connectivity index is 2.31. The predicted octanol–water partition coefficient (Wildman–Crippen LogP) is 3.87. The van der Waals surface area contributed by atoms with Crippen molar-refractivity contribution in [3.8, 4) is 0 Å². The van der Waals surface area contributed by atoms with E-state index in [-0.39, 0.29) is 31.2 Å². The van der Waals surface area contributed by atoms with Gasteiger partial charge in [-0.2, -0.15) is 13.2 Å². The summed E-state index contributed by atoms with van der Waals surface area (Å²) in [5, 5.41) is 0. The van der Waals surface area contributed by atoms with E-state index in [0.29, 0.717) is 6.07 Å². The molecule has 2 N–H and O–H groups in total. The Morgan fingerprint density at radius 1 is 1.21 bits per heavy atom. The third-order valence-corrected chi connectivity index (χ3v) is 3.72. The second-order valence-electron chi connectivity index (χ2n) is 5.12. The smallest absolute Gasteiger partial charge is 0.321 e. The molecule has 1 aromatic carbocycles. The lowest BCUT2D eigenvalue weighted by Crippen LogP contribution is -2.45. The summed E-state index contributed by atoms with van der Waals surface area (Å²) in [6.45, 7) is 0. The molecule has 2 rings (SSSR count). The van der Waals surface area contributed by atoms with Crippen LogP contribution in [0.2, 0.25) is 0 Å². The average Bonchev–Trinajstić information content (AvgIpc) is 2.27. The van der Waals surface area contributed by atoms with Gasteiger partial charge in [-0.3, -0.25) is 0 Å². The van der Waals surface area contributed by atoms with Gasteiger partial charge in [0.05, 0.1) is 5.92 Å². The molecule has 1 fully saturated rings. The molecule has 0 aromatic heterocycles.